The van der Waals surface area contributed by atoms with Gasteiger partial charge in [-0.2, -0.15) is 0 Å². The monoisotopic (exact) mass is 540 g/mol. The van der Waals surface area contributed by atoms with Crippen molar-refractivity contribution in [1.82, 2.24) is 9.97 Å². The molecule has 0 unspecified atom stereocenters. The van der Waals surface area contributed by atoms with E-state index in [0.717, 1.165) is 35.4 Å². The second-order valence-corrected chi connectivity index (χ2v) is 10.4. The van der Waals surface area contributed by atoms with Gasteiger partial charge in [0.2, 0.25) is 0 Å². The number of aliphatic hydroxyl groups excluding tert-OH is 1. The van der Waals surface area contributed by atoms with Crippen molar-refractivity contribution < 1.29 is 24.2 Å². The number of hydrogen-bond donors (Lipinski definition) is 1. The summed E-state index contributed by atoms with van der Waals surface area (Å²) in [6, 6.07) is 12.3. The Hall–Kier alpha value is -4.10. The van der Waals surface area contributed by atoms with Gasteiger partial charge in [0.25, 0.3) is 0 Å². The van der Waals surface area contributed by atoms with E-state index in [1.807, 2.05) is 30.6 Å². The van der Waals surface area contributed by atoms with Gasteiger partial charge in [-0.25, -0.2) is 19.6 Å². The fourth-order valence-corrected chi connectivity index (χ4v) is 5.04. The van der Waals surface area contributed by atoms with Gasteiger partial charge in [-0.05, 0) is 91.5 Å². The van der Waals surface area contributed by atoms with Crippen LogP contribution in [0.15, 0.2) is 79.2 Å². The molecule has 2 aromatic carbocycles. The third-order valence-corrected chi connectivity index (χ3v) is 7.33. The molecule has 0 spiro atoms. The molecule has 1 N–H and O–H groups in total. The average molecular weight is 541 g/mol. The van der Waals surface area contributed by atoms with E-state index in [1.165, 1.54) is 25.7 Å². The lowest BCUT2D eigenvalue weighted by molar-refractivity contribution is -0.131. The van der Waals surface area contributed by atoms with Gasteiger partial charge in [0.05, 0.1) is 12.2 Å². The summed E-state index contributed by atoms with van der Waals surface area (Å²) in [6.45, 7) is 10.5. The van der Waals surface area contributed by atoms with E-state index in [4.69, 9.17) is 24.5 Å². The molecule has 0 amide bonds. The van der Waals surface area contributed by atoms with Gasteiger partial charge in [0, 0.05) is 23.5 Å². The molecule has 0 bridgehead atoms. The molecule has 1 heterocycles. The van der Waals surface area contributed by atoms with Gasteiger partial charge in [-0.1, -0.05) is 45.1 Å². The zero-order valence-electron chi connectivity index (χ0n) is 23.2. The molecule has 1 aliphatic carbocycles. The second kappa shape index (κ2) is 13.3. The van der Waals surface area contributed by atoms with Gasteiger partial charge in [-0.3, -0.25) is 0 Å². The van der Waals surface area contributed by atoms with Crippen LogP contribution in [0.3, 0.4) is 0 Å². The van der Waals surface area contributed by atoms with Gasteiger partial charge in [0.1, 0.15) is 11.5 Å². The lowest BCUT2D eigenvalue weighted by Crippen LogP contribution is -2.13. The second-order valence-electron chi connectivity index (χ2n) is 10.4. The van der Waals surface area contributed by atoms with Crippen molar-refractivity contribution in [1.29, 1.82) is 0 Å². The number of hydrogen-bond acceptors (Lipinski definition) is 7. The molecule has 4 rings (SSSR count). The Morgan fingerprint density at radius 2 is 1.52 bits per heavy atom. The Bertz CT molecular complexity index is 1370. The van der Waals surface area contributed by atoms with Gasteiger partial charge >= 0.3 is 11.9 Å². The SMILES string of the molecule is C=C(C)C(=O)Oc1ccc(-c2ccc(OC(=O)C(=C)CO)cc2)c(-c2ncc(C3CCC(CCC)CC3)cn2)c1. The highest BCUT2D eigenvalue weighted by atomic mass is 16.5. The highest BCUT2D eigenvalue weighted by molar-refractivity contribution is 5.90. The summed E-state index contributed by atoms with van der Waals surface area (Å²) >= 11 is 0. The van der Waals surface area contributed by atoms with Crippen molar-refractivity contribution in [3.05, 3.63) is 84.7 Å². The minimum atomic E-state index is -0.688. The fraction of sp³-hybridized carbons (Fsp3) is 0.333. The molecular formula is C33H36N2O5. The molecule has 1 saturated carbocycles. The highest BCUT2D eigenvalue weighted by Gasteiger charge is 2.23. The fourth-order valence-electron chi connectivity index (χ4n) is 5.04. The van der Waals surface area contributed by atoms with Crippen LogP contribution in [-0.2, 0) is 9.59 Å². The summed E-state index contributed by atoms with van der Waals surface area (Å²) in [5, 5.41) is 9.10. The molecule has 1 aromatic heterocycles. The average Bonchev–Trinajstić information content (AvgIpc) is 2.97. The Kier molecular flexibility index (Phi) is 9.61. The summed E-state index contributed by atoms with van der Waals surface area (Å²) in [4.78, 5) is 33.6. The molecule has 1 fully saturated rings. The van der Waals surface area contributed by atoms with E-state index in [-0.39, 0.29) is 5.57 Å². The summed E-state index contributed by atoms with van der Waals surface area (Å²) in [5.41, 5.74) is 3.77. The largest absolute Gasteiger partial charge is 0.423 e. The van der Waals surface area contributed by atoms with Crippen LogP contribution in [-0.4, -0.2) is 33.6 Å². The molecule has 0 atom stereocenters. The lowest BCUT2D eigenvalue weighted by Gasteiger charge is -2.28. The predicted octanol–water partition coefficient (Wildman–Crippen LogP) is 6.82. The van der Waals surface area contributed by atoms with Crippen LogP contribution < -0.4 is 9.47 Å². The third kappa shape index (κ3) is 7.10. The number of nitrogens with zero attached hydrogens (tertiary/aromatic N) is 2. The number of ether oxygens (including phenoxy) is 2. The van der Waals surface area contributed by atoms with Crippen molar-refractivity contribution >= 4 is 11.9 Å². The predicted molar refractivity (Wildman–Crippen MR) is 155 cm³/mol. The third-order valence-electron chi connectivity index (χ3n) is 7.33. The maximum atomic E-state index is 12.2. The first-order valence-electron chi connectivity index (χ1n) is 13.7. The molecular weight excluding hydrogens is 504 g/mol. The highest BCUT2D eigenvalue weighted by Crippen LogP contribution is 2.38. The van der Waals surface area contributed by atoms with Crippen LogP contribution in [0.5, 0.6) is 11.5 Å². The van der Waals surface area contributed by atoms with Crippen molar-refractivity contribution in [2.75, 3.05) is 6.61 Å². The van der Waals surface area contributed by atoms with Crippen LogP contribution in [0.1, 0.15) is 63.9 Å². The first kappa shape index (κ1) is 28.9. The Morgan fingerprint density at radius 1 is 0.900 bits per heavy atom. The van der Waals surface area contributed by atoms with Crippen LogP contribution in [0.25, 0.3) is 22.5 Å². The molecule has 1 aliphatic rings. The van der Waals surface area contributed by atoms with Crippen LogP contribution in [0, 0.1) is 5.92 Å². The van der Waals surface area contributed by atoms with Crippen LogP contribution in [0.2, 0.25) is 0 Å². The van der Waals surface area contributed by atoms with E-state index < -0.39 is 18.5 Å². The minimum absolute atomic E-state index is 0.0270. The molecule has 7 heteroatoms. The maximum Gasteiger partial charge on any atom is 0.341 e. The number of esters is 2. The Balaban J connectivity index is 1.62. The van der Waals surface area contributed by atoms with Crippen molar-refractivity contribution in [2.45, 2.75) is 58.3 Å². The molecule has 0 aliphatic heterocycles. The molecule has 0 saturated heterocycles. The first-order chi connectivity index (χ1) is 19.3. The number of aliphatic hydroxyl groups is 1. The standard InChI is InChI=1S/C33H36N2O5/c1-5-6-23-7-9-24(10-8-23)26-18-34-31(35-19-26)30-17-28(40-32(37)21(2)3)15-16-29(30)25-11-13-27(14-12-25)39-33(38)22(4)20-36/h11-19,23-24,36H,2,4-10,20H2,1,3H3. The molecule has 208 valence electrons. The van der Waals surface area contributed by atoms with E-state index in [9.17, 15) is 9.59 Å². The van der Waals surface area contributed by atoms with E-state index >= 15 is 0 Å². The van der Waals surface area contributed by atoms with Crippen molar-refractivity contribution in [3.8, 4) is 34.0 Å². The summed E-state index contributed by atoms with van der Waals surface area (Å²) in [7, 11) is 0. The topological polar surface area (TPSA) is 98.6 Å². The van der Waals surface area contributed by atoms with Crippen LogP contribution in [0.4, 0.5) is 0 Å². The number of carbonyl (C=O) groups excluding carboxylic acids is 2. The first-order valence-corrected chi connectivity index (χ1v) is 13.7. The van der Waals surface area contributed by atoms with Gasteiger partial charge < -0.3 is 14.6 Å². The molecule has 7 nitrogen and oxygen atoms in total. The lowest BCUT2D eigenvalue weighted by atomic mass is 9.78. The molecule has 3 aromatic rings. The summed E-state index contributed by atoms with van der Waals surface area (Å²) < 4.78 is 10.8. The van der Waals surface area contributed by atoms with Crippen LogP contribution >= 0.6 is 0 Å². The van der Waals surface area contributed by atoms with Gasteiger partial charge in [-0.15, -0.1) is 0 Å². The van der Waals surface area contributed by atoms with Gasteiger partial charge in [0.15, 0.2) is 5.82 Å². The summed E-state index contributed by atoms with van der Waals surface area (Å²) in [5.74, 6) is 1.31. The number of carbonyl (C=O) groups is 2. The van der Waals surface area contributed by atoms with Crippen molar-refractivity contribution in [2.24, 2.45) is 5.92 Å². The normalized spacial score (nSPS) is 16.7. The van der Waals surface area contributed by atoms with E-state index in [2.05, 4.69) is 20.1 Å². The zero-order chi connectivity index (χ0) is 28.6. The summed E-state index contributed by atoms with van der Waals surface area (Å²) in [6.07, 6.45) is 11.2. The molecule has 40 heavy (non-hydrogen) atoms. The smallest absolute Gasteiger partial charge is 0.341 e. The molecule has 0 radical (unpaired) electrons. The van der Waals surface area contributed by atoms with Crippen molar-refractivity contribution in [3.63, 3.8) is 0 Å². The number of aromatic nitrogens is 2. The Morgan fingerprint density at radius 3 is 2.12 bits per heavy atom. The maximum absolute atomic E-state index is 12.2. The van der Waals surface area contributed by atoms with E-state index in [0.29, 0.717) is 34.4 Å². The zero-order valence-corrected chi connectivity index (χ0v) is 23.2. The van der Waals surface area contributed by atoms with E-state index in [1.54, 1.807) is 31.2 Å². The Labute approximate surface area is 235 Å². The number of rotatable bonds is 10. The minimum Gasteiger partial charge on any atom is -0.423 e. The number of benzene rings is 2. The quantitative estimate of drug-likeness (QED) is 0.171.